The van der Waals surface area contributed by atoms with E-state index in [1.165, 1.54) is 0 Å². The molecular weight excluding hydrogens is 312 g/mol. The molecule has 4 heteroatoms. The van der Waals surface area contributed by atoms with Crippen molar-refractivity contribution in [3.05, 3.63) is 70.3 Å². The number of benzene rings is 2. The predicted molar refractivity (Wildman–Crippen MR) is 98.7 cm³/mol. The van der Waals surface area contributed by atoms with E-state index in [-0.39, 0.29) is 11.8 Å². The van der Waals surface area contributed by atoms with Crippen LogP contribution in [0.25, 0.3) is 0 Å². The van der Waals surface area contributed by atoms with E-state index in [4.69, 9.17) is 0 Å². The molecule has 25 heavy (non-hydrogen) atoms. The lowest BCUT2D eigenvalue weighted by Crippen LogP contribution is -2.27. The van der Waals surface area contributed by atoms with Crippen LogP contribution < -0.4 is 5.32 Å². The third kappa shape index (κ3) is 4.08. The van der Waals surface area contributed by atoms with Crippen molar-refractivity contribution in [1.29, 1.82) is 0 Å². The number of hydrogen-bond acceptors (Lipinski definition) is 2. The minimum Gasteiger partial charge on any atom is -0.348 e. The summed E-state index contributed by atoms with van der Waals surface area (Å²) in [4.78, 5) is 26.6. The zero-order valence-corrected chi connectivity index (χ0v) is 14.8. The second-order valence-corrected chi connectivity index (χ2v) is 6.70. The smallest absolute Gasteiger partial charge is 0.253 e. The fourth-order valence-electron chi connectivity index (χ4n) is 3.13. The van der Waals surface area contributed by atoms with Crippen LogP contribution in [-0.4, -0.2) is 29.8 Å². The van der Waals surface area contributed by atoms with Crippen molar-refractivity contribution < 1.29 is 9.59 Å². The summed E-state index contributed by atoms with van der Waals surface area (Å²) in [7, 11) is 0. The van der Waals surface area contributed by atoms with Crippen molar-refractivity contribution in [2.75, 3.05) is 13.1 Å². The molecule has 3 rings (SSSR count). The summed E-state index contributed by atoms with van der Waals surface area (Å²) in [6.45, 7) is 6.07. The molecular formula is C21H24N2O2. The Morgan fingerprint density at radius 3 is 2.36 bits per heavy atom. The first-order valence-corrected chi connectivity index (χ1v) is 8.78. The van der Waals surface area contributed by atoms with Crippen LogP contribution in [0.2, 0.25) is 0 Å². The third-order valence-corrected chi connectivity index (χ3v) is 4.68. The number of carbonyl (C=O) groups excluding carboxylic acids is 2. The highest BCUT2D eigenvalue weighted by atomic mass is 16.2. The largest absolute Gasteiger partial charge is 0.348 e. The van der Waals surface area contributed by atoms with Crippen molar-refractivity contribution in [2.45, 2.75) is 33.2 Å². The summed E-state index contributed by atoms with van der Waals surface area (Å²) in [5, 5.41) is 2.95. The first-order chi connectivity index (χ1) is 12.0. The molecule has 0 bridgehead atoms. The highest BCUT2D eigenvalue weighted by Crippen LogP contribution is 2.14. The highest BCUT2D eigenvalue weighted by molar-refractivity contribution is 5.96. The van der Waals surface area contributed by atoms with Crippen LogP contribution in [0.15, 0.2) is 42.5 Å². The van der Waals surface area contributed by atoms with E-state index < -0.39 is 0 Å². The van der Waals surface area contributed by atoms with Gasteiger partial charge in [0.05, 0.1) is 0 Å². The van der Waals surface area contributed by atoms with Gasteiger partial charge in [-0.3, -0.25) is 9.59 Å². The molecule has 1 saturated heterocycles. The van der Waals surface area contributed by atoms with E-state index in [1.54, 1.807) is 0 Å². The lowest BCUT2D eigenvalue weighted by Gasteiger charge is -2.15. The second-order valence-electron chi connectivity index (χ2n) is 6.70. The van der Waals surface area contributed by atoms with E-state index in [1.807, 2.05) is 61.2 Å². The first-order valence-electron chi connectivity index (χ1n) is 8.78. The van der Waals surface area contributed by atoms with Crippen molar-refractivity contribution >= 4 is 11.8 Å². The fraction of sp³-hybridized carbons (Fsp3) is 0.333. The second kappa shape index (κ2) is 7.51. The maximum absolute atomic E-state index is 12.4. The van der Waals surface area contributed by atoms with E-state index in [0.717, 1.165) is 42.6 Å². The van der Waals surface area contributed by atoms with Gasteiger partial charge < -0.3 is 10.2 Å². The Morgan fingerprint density at radius 2 is 1.68 bits per heavy atom. The van der Waals surface area contributed by atoms with E-state index in [2.05, 4.69) is 5.32 Å². The summed E-state index contributed by atoms with van der Waals surface area (Å²) in [5.74, 6) is 0.0295. The molecule has 2 amide bonds. The normalized spacial score (nSPS) is 13.8. The van der Waals surface area contributed by atoms with Gasteiger partial charge in [0.25, 0.3) is 11.8 Å². The summed E-state index contributed by atoms with van der Waals surface area (Å²) in [6, 6.07) is 13.4. The molecule has 0 atom stereocenters. The number of carbonyl (C=O) groups is 2. The fourth-order valence-corrected chi connectivity index (χ4v) is 3.13. The molecule has 0 saturated carbocycles. The van der Waals surface area contributed by atoms with E-state index in [0.29, 0.717) is 17.7 Å². The zero-order valence-electron chi connectivity index (χ0n) is 14.8. The topological polar surface area (TPSA) is 49.4 Å². The summed E-state index contributed by atoms with van der Waals surface area (Å²) in [5.41, 5.74) is 4.44. The van der Waals surface area contributed by atoms with Crippen molar-refractivity contribution in [1.82, 2.24) is 10.2 Å². The van der Waals surface area contributed by atoms with Crippen LogP contribution in [0.5, 0.6) is 0 Å². The molecule has 1 fully saturated rings. The van der Waals surface area contributed by atoms with Crippen molar-refractivity contribution in [3.63, 3.8) is 0 Å². The van der Waals surface area contributed by atoms with Gasteiger partial charge in [0.15, 0.2) is 0 Å². The number of rotatable bonds is 4. The van der Waals surface area contributed by atoms with Crippen LogP contribution in [0, 0.1) is 13.8 Å². The van der Waals surface area contributed by atoms with Crippen LogP contribution >= 0.6 is 0 Å². The molecule has 2 aromatic carbocycles. The van der Waals surface area contributed by atoms with Gasteiger partial charge in [0, 0.05) is 30.8 Å². The van der Waals surface area contributed by atoms with Gasteiger partial charge in [-0.2, -0.15) is 0 Å². The maximum Gasteiger partial charge on any atom is 0.253 e. The molecule has 0 radical (unpaired) electrons. The monoisotopic (exact) mass is 336 g/mol. The Balaban J connectivity index is 1.61. The van der Waals surface area contributed by atoms with Crippen LogP contribution in [-0.2, 0) is 6.54 Å². The summed E-state index contributed by atoms with van der Waals surface area (Å²) < 4.78 is 0. The highest BCUT2D eigenvalue weighted by Gasteiger charge is 2.19. The van der Waals surface area contributed by atoms with Gasteiger partial charge >= 0.3 is 0 Å². The number of likely N-dealkylation sites (tertiary alicyclic amines) is 1. The molecule has 0 aromatic heterocycles. The lowest BCUT2D eigenvalue weighted by molar-refractivity contribution is 0.0792. The van der Waals surface area contributed by atoms with E-state index in [9.17, 15) is 9.59 Å². The maximum atomic E-state index is 12.4. The van der Waals surface area contributed by atoms with Crippen LogP contribution in [0.1, 0.15) is 50.2 Å². The molecule has 0 unspecified atom stereocenters. The molecule has 0 spiro atoms. The standard InChI is InChI=1S/C21H24N2O2/c1-15-5-6-16(2)19(13-15)20(24)22-14-17-7-9-18(10-8-17)21(25)23-11-3-4-12-23/h5-10,13H,3-4,11-12,14H2,1-2H3,(H,22,24). The SMILES string of the molecule is Cc1ccc(C)c(C(=O)NCc2ccc(C(=O)N3CCCC3)cc2)c1. The number of aryl methyl sites for hydroxylation is 2. The van der Waals surface area contributed by atoms with Gasteiger partial charge in [-0.05, 0) is 56.0 Å². The van der Waals surface area contributed by atoms with Crippen LogP contribution in [0.4, 0.5) is 0 Å². The van der Waals surface area contributed by atoms with Crippen molar-refractivity contribution in [3.8, 4) is 0 Å². The molecule has 1 aliphatic heterocycles. The lowest BCUT2D eigenvalue weighted by atomic mass is 10.0. The minimum atomic E-state index is -0.0709. The Labute approximate surface area is 148 Å². The average molecular weight is 336 g/mol. The number of nitrogens with zero attached hydrogens (tertiary/aromatic N) is 1. The van der Waals surface area contributed by atoms with Gasteiger partial charge in [0.2, 0.25) is 0 Å². The molecule has 1 aliphatic rings. The molecule has 1 N–H and O–H groups in total. The zero-order chi connectivity index (χ0) is 17.8. The number of nitrogens with one attached hydrogen (secondary N) is 1. The van der Waals surface area contributed by atoms with Gasteiger partial charge in [-0.15, -0.1) is 0 Å². The molecule has 4 nitrogen and oxygen atoms in total. The Kier molecular flexibility index (Phi) is 5.17. The first kappa shape index (κ1) is 17.2. The summed E-state index contributed by atoms with van der Waals surface area (Å²) in [6.07, 6.45) is 2.18. The van der Waals surface area contributed by atoms with Crippen LogP contribution in [0.3, 0.4) is 0 Å². The molecule has 2 aromatic rings. The van der Waals surface area contributed by atoms with Gasteiger partial charge in [-0.25, -0.2) is 0 Å². The quantitative estimate of drug-likeness (QED) is 0.929. The molecule has 130 valence electrons. The average Bonchev–Trinajstić information content (AvgIpc) is 3.16. The molecule has 0 aliphatic carbocycles. The molecule has 1 heterocycles. The van der Waals surface area contributed by atoms with Crippen molar-refractivity contribution in [2.24, 2.45) is 0 Å². The predicted octanol–water partition coefficient (Wildman–Crippen LogP) is 3.47. The Bertz CT molecular complexity index is 775. The minimum absolute atomic E-state index is 0.0709. The third-order valence-electron chi connectivity index (χ3n) is 4.68. The van der Waals surface area contributed by atoms with Gasteiger partial charge in [-0.1, -0.05) is 29.8 Å². The van der Waals surface area contributed by atoms with Gasteiger partial charge in [0.1, 0.15) is 0 Å². The van der Waals surface area contributed by atoms with E-state index >= 15 is 0 Å². The number of amides is 2. The summed E-state index contributed by atoms with van der Waals surface area (Å²) >= 11 is 0. The number of hydrogen-bond donors (Lipinski definition) is 1. The Hall–Kier alpha value is -2.62. The Morgan fingerprint density at radius 1 is 1.00 bits per heavy atom.